The maximum absolute atomic E-state index is 12.2. The second-order valence-corrected chi connectivity index (χ2v) is 7.42. The molecule has 24 heavy (non-hydrogen) atoms. The van der Waals surface area contributed by atoms with Crippen molar-refractivity contribution >= 4 is 17.7 Å². The number of nitrogens with one attached hydrogen (secondary N) is 2. The Balaban J connectivity index is 1.58. The van der Waals surface area contributed by atoms with Crippen molar-refractivity contribution in [2.75, 3.05) is 12.3 Å². The largest absolute Gasteiger partial charge is 0.354 e. The van der Waals surface area contributed by atoms with Gasteiger partial charge in [0.15, 0.2) is 0 Å². The number of hydrogen-bond donors (Lipinski definition) is 2. The molecular formula is C18H24N4OS. The van der Waals surface area contributed by atoms with E-state index in [1.807, 2.05) is 13.0 Å². The summed E-state index contributed by atoms with van der Waals surface area (Å²) in [5.74, 6) is 1.16. The first-order chi connectivity index (χ1) is 11.7. The summed E-state index contributed by atoms with van der Waals surface area (Å²) in [6, 6.07) is 10.6. The molecule has 2 N–H and O–H groups in total. The van der Waals surface area contributed by atoms with Crippen LogP contribution in [0.15, 0.2) is 35.5 Å². The lowest BCUT2D eigenvalue weighted by Crippen LogP contribution is -2.42. The highest BCUT2D eigenvalue weighted by atomic mass is 32.2. The number of nitrogens with zero attached hydrogens (tertiary/aromatic N) is 2. The van der Waals surface area contributed by atoms with Crippen molar-refractivity contribution in [2.45, 2.75) is 49.6 Å². The minimum Gasteiger partial charge on any atom is -0.354 e. The zero-order valence-electron chi connectivity index (χ0n) is 14.0. The maximum Gasteiger partial charge on any atom is 0.230 e. The normalized spacial score (nSPS) is 16.7. The van der Waals surface area contributed by atoms with Crippen molar-refractivity contribution in [3.8, 4) is 0 Å². The Hall–Kier alpha value is -1.82. The molecule has 0 unspecified atom stereocenters. The van der Waals surface area contributed by atoms with Crippen LogP contribution in [0.4, 0.5) is 0 Å². The summed E-state index contributed by atoms with van der Waals surface area (Å²) in [6.07, 6.45) is 6.05. The van der Waals surface area contributed by atoms with Crippen LogP contribution in [-0.2, 0) is 10.2 Å². The monoisotopic (exact) mass is 344 g/mol. The van der Waals surface area contributed by atoms with Gasteiger partial charge in [0, 0.05) is 12.0 Å². The number of aromatic nitrogens is 3. The molecule has 1 fully saturated rings. The Bertz CT molecular complexity index is 665. The van der Waals surface area contributed by atoms with Gasteiger partial charge in [-0.3, -0.25) is 9.89 Å². The van der Waals surface area contributed by atoms with Crippen LogP contribution < -0.4 is 5.32 Å². The average Bonchev–Trinajstić information content (AvgIpc) is 3.05. The molecule has 1 aromatic heterocycles. The van der Waals surface area contributed by atoms with Gasteiger partial charge in [0.25, 0.3) is 0 Å². The minimum atomic E-state index is 0.0448. The minimum absolute atomic E-state index is 0.0448. The number of aryl methyl sites for hydroxylation is 1. The van der Waals surface area contributed by atoms with E-state index < -0.39 is 0 Å². The lowest BCUT2D eigenvalue weighted by Gasteiger charge is -2.38. The van der Waals surface area contributed by atoms with E-state index in [0.29, 0.717) is 17.5 Å². The van der Waals surface area contributed by atoms with Gasteiger partial charge in [0.2, 0.25) is 11.1 Å². The predicted octanol–water partition coefficient (Wildman–Crippen LogP) is 3.22. The van der Waals surface area contributed by atoms with Crippen molar-refractivity contribution in [1.29, 1.82) is 0 Å². The summed E-state index contributed by atoms with van der Waals surface area (Å²) in [5, 5.41) is 10.6. The van der Waals surface area contributed by atoms with E-state index in [1.54, 1.807) is 0 Å². The van der Waals surface area contributed by atoms with E-state index in [2.05, 4.69) is 44.8 Å². The molecular weight excluding hydrogens is 320 g/mol. The second-order valence-electron chi connectivity index (χ2n) is 6.48. The average molecular weight is 344 g/mol. The summed E-state index contributed by atoms with van der Waals surface area (Å²) in [7, 11) is 0. The molecule has 128 valence electrons. The fraction of sp³-hybridized carbons (Fsp3) is 0.500. The quantitative estimate of drug-likeness (QED) is 0.789. The molecule has 1 amide bonds. The molecule has 1 aliphatic carbocycles. The lowest BCUT2D eigenvalue weighted by molar-refractivity contribution is -0.118. The molecule has 1 aliphatic rings. The van der Waals surface area contributed by atoms with Crippen LogP contribution in [0, 0.1) is 6.92 Å². The molecule has 0 atom stereocenters. The molecule has 6 heteroatoms. The first-order valence-corrected chi connectivity index (χ1v) is 9.51. The van der Waals surface area contributed by atoms with E-state index in [-0.39, 0.29) is 11.3 Å². The van der Waals surface area contributed by atoms with E-state index in [4.69, 9.17) is 0 Å². The summed E-state index contributed by atoms with van der Waals surface area (Å²) < 4.78 is 0. The van der Waals surface area contributed by atoms with Gasteiger partial charge in [-0.2, -0.15) is 0 Å². The van der Waals surface area contributed by atoms with Crippen LogP contribution in [0.2, 0.25) is 0 Å². The third kappa shape index (κ3) is 4.17. The molecule has 2 aromatic rings. The van der Waals surface area contributed by atoms with Crippen LogP contribution in [-0.4, -0.2) is 33.4 Å². The van der Waals surface area contributed by atoms with Gasteiger partial charge in [0.05, 0.1) is 5.75 Å². The zero-order valence-corrected chi connectivity index (χ0v) is 14.9. The van der Waals surface area contributed by atoms with Crippen LogP contribution in [0.25, 0.3) is 0 Å². The number of amides is 1. The van der Waals surface area contributed by atoms with E-state index >= 15 is 0 Å². The van der Waals surface area contributed by atoms with Crippen molar-refractivity contribution in [1.82, 2.24) is 20.5 Å². The van der Waals surface area contributed by atoms with Gasteiger partial charge in [0.1, 0.15) is 5.82 Å². The number of benzene rings is 1. The Labute approximate surface area is 147 Å². The number of rotatable bonds is 6. The Kier molecular flexibility index (Phi) is 5.56. The first kappa shape index (κ1) is 17.0. The van der Waals surface area contributed by atoms with Crippen LogP contribution in [0.5, 0.6) is 0 Å². The van der Waals surface area contributed by atoms with E-state index in [9.17, 15) is 4.79 Å². The maximum atomic E-state index is 12.2. The zero-order chi connectivity index (χ0) is 16.8. The standard InChI is InChI=1S/C18H24N4OS/c1-14-20-17(22-21-14)24-12-16(23)19-13-18(10-6-3-7-11-18)15-8-4-2-5-9-15/h2,4-5,8-9H,3,6-7,10-13H2,1H3,(H,19,23)(H,20,21,22). The molecule has 0 bridgehead atoms. The third-order valence-corrected chi connectivity index (χ3v) is 5.58. The SMILES string of the molecule is Cc1nc(SCC(=O)NCC2(c3ccccc3)CCCCC2)n[nH]1. The van der Waals surface area contributed by atoms with Gasteiger partial charge in [-0.1, -0.05) is 61.4 Å². The lowest BCUT2D eigenvalue weighted by atomic mass is 9.69. The van der Waals surface area contributed by atoms with Gasteiger partial charge in [-0.15, -0.1) is 5.10 Å². The number of aromatic amines is 1. The molecule has 0 spiro atoms. The smallest absolute Gasteiger partial charge is 0.230 e. The summed E-state index contributed by atoms with van der Waals surface area (Å²) in [6.45, 7) is 2.56. The van der Waals surface area contributed by atoms with Gasteiger partial charge in [-0.25, -0.2) is 4.98 Å². The van der Waals surface area contributed by atoms with Crippen LogP contribution in [0.3, 0.4) is 0 Å². The van der Waals surface area contributed by atoms with E-state index in [0.717, 1.165) is 18.7 Å². The highest BCUT2D eigenvalue weighted by Gasteiger charge is 2.34. The van der Waals surface area contributed by atoms with Crippen molar-refractivity contribution < 1.29 is 4.79 Å². The molecule has 0 saturated heterocycles. The fourth-order valence-electron chi connectivity index (χ4n) is 3.42. The highest BCUT2D eigenvalue weighted by Crippen LogP contribution is 2.38. The predicted molar refractivity (Wildman–Crippen MR) is 96.1 cm³/mol. The molecule has 0 radical (unpaired) electrons. The molecule has 1 aromatic carbocycles. The molecule has 3 rings (SSSR count). The molecule has 0 aliphatic heterocycles. The topological polar surface area (TPSA) is 70.7 Å². The number of thioether (sulfide) groups is 1. The van der Waals surface area contributed by atoms with Crippen molar-refractivity contribution in [3.05, 3.63) is 41.7 Å². The number of carbonyl (C=O) groups is 1. The van der Waals surface area contributed by atoms with Crippen molar-refractivity contribution in [3.63, 3.8) is 0 Å². The Morgan fingerprint density at radius 2 is 2.00 bits per heavy atom. The number of carbonyl (C=O) groups excluding carboxylic acids is 1. The second kappa shape index (κ2) is 7.83. The van der Waals surface area contributed by atoms with E-state index in [1.165, 1.54) is 36.6 Å². The fourth-order valence-corrected chi connectivity index (χ4v) is 4.10. The Morgan fingerprint density at radius 3 is 2.67 bits per heavy atom. The van der Waals surface area contributed by atoms with Gasteiger partial charge >= 0.3 is 0 Å². The van der Waals surface area contributed by atoms with Crippen LogP contribution >= 0.6 is 11.8 Å². The molecule has 1 saturated carbocycles. The summed E-state index contributed by atoms with van der Waals surface area (Å²) in [4.78, 5) is 16.5. The van der Waals surface area contributed by atoms with Crippen molar-refractivity contribution in [2.24, 2.45) is 0 Å². The third-order valence-electron chi connectivity index (χ3n) is 4.73. The highest BCUT2D eigenvalue weighted by molar-refractivity contribution is 7.99. The summed E-state index contributed by atoms with van der Waals surface area (Å²) in [5.41, 5.74) is 1.43. The first-order valence-electron chi connectivity index (χ1n) is 8.52. The Morgan fingerprint density at radius 1 is 1.25 bits per heavy atom. The van der Waals surface area contributed by atoms with Crippen LogP contribution in [0.1, 0.15) is 43.5 Å². The summed E-state index contributed by atoms with van der Waals surface area (Å²) >= 11 is 1.37. The molecule has 1 heterocycles. The van der Waals surface area contributed by atoms with Gasteiger partial charge < -0.3 is 5.32 Å². The number of H-pyrrole nitrogens is 1. The van der Waals surface area contributed by atoms with Gasteiger partial charge in [-0.05, 0) is 25.3 Å². The number of hydrogen-bond acceptors (Lipinski definition) is 4. The molecule has 5 nitrogen and oxygen atoms in total.